The molecule has 2 rings (SSSR count). The summed E-state index contributed by atoms with van der Waals surface area (Å²) in [5, 5.41) is 20.4. The first-order valence-corrected chi connectivity index (χ1v) is 5.33. The van der Waals surface area contributed by atoms with Crippen molar-refractivity contribution in [3.63, 3.8) is 0 Å². The molecule has 0 radical (unpaired) electrons. The summed E-state index contributed by atoms with van der Waals surface area (Å²) in [5.74, 6) is 0.755. The molecular formula is C11H12N6. The van der Waals surface area contributed by atoms with Crippen LogP contribution in [0, 0.1) is 11.3 Å². The lowest BCUT2D eigenvalue weighted by molar-refractivity contribution is 0.726. The summed E-state index contributed by atoms with van der Waals surface area (Å²) in [6, 6.07) is 9.26. The summed E-state index contributed by atoms with van der Waals surface area (Å²) in [4.78, 5) is 0. The molecule has 0 bridgehead atoms. The van der Waals surface area contributed by atoms with E-state index in [2.05, 4.69) is 21.6 Å². The molecule has 0 aliphatic rings. The van der Waals surface area contributed by atoms with Gasteiger partial charge >= 0.3 is 0 Å². The molecule has 0 aliphatic carbocycles. The summed E-state index contributed by atoms with van der Waals surface area (Å²) in [6.07, 6.45) is 1.55. The van der Waals surface area contributed by atoms with E-state index in [1.165, 1.54) is 0 Å². The van der Waals surface area contributed by atoms with Crippen molar-refractivity contribution < 1.29 is 0 Å². The Hall–Kier alpha value is -2.26. The number of aryl methyl sites for hydroxylation is 1. The van der Waals surface area contributed by atoms with Crippen LogP contribution in [0.4, 0.5) is 0 Å². The molecule has 2 aromatic rings. The maximum atomic E-state index is 8.84. The van der Waals surface area contributed by atoms with E-state index in [1.807, 2.05) is 12.1 Å². The Bertz CT molecular complexity index is 539. The van der Waals surface area contributed by atoms with E-state index in [4.69, 9.17) is 11.0 Å². The third kappa shape index (κ3) is 2.46. The molecule has 0 unspecified atom stereocenters. The number of nitrogens with zero attached hydrogens (tertiary/aromatic N) is 5. The first kappa shape index (κ1) is 11.2. The summed E-state index contributed by atoms with van der Waals surface area (Å²) < 4.78 is 1.64. The van der Waals surface area contributed by atoms with Crippen molar-refractivity contribution in [2.45, 2.75) is 12.8 Å². The molecule has 0 spiro atoms. The quantitative estimate of drug-likeness (QED) is 0.818. The van der Waals surface area contributed by atoms with E-state index in [9.17, 15) is 0 Å². The highest BCUT2D eigenvalue weighted by atomic mass is 15.5. The minimum Gasteiger partial charge on any atom is -0.330 e. The summed E-state index contributed by atoms with van der Waals surface area (Å²) in [6.45, 7) is 0.602. The number of hydrogen-bond donors (Lipinski definition) is 1. The zero-order chi connectivity index (χ0) is 12.1. The number of benzene rings is 1. The maximum Gasteiger partial charge on any atom is 0.156 e. The van der Waals surface area contributed by atoms with Gasteiger partial charge in [0, 0.05) is 6.42 Å². The average molecular weight is 228 g/mol. The van der Waals surface area contributed by atoms with Gasteiger partial charge in [-0.25, -0.2) is 0 Å². The van der Waals surface area contributed by atoms with Crippen molar-refractivity contribution >= 4 is 0 Å². The fourth-order valence-electron chi connectivity index (χ4n) is 1.53. The van der Waals surface area contributed by atoms with Crippen LogP contribution in [-0.4, -0.2) is 26.8 Å². The van der Waals surface area contributed by atoms with Crippen molar-refractivity contribution in [3.8, 4) is 11.8 Å². The van der Waals surface area contributed by atoms with Crippen LogP contribution in [-0.2, 0) is 6.42 Å². The smallest absolute Gasteiger partial charge is 0.156 e. The standard InChI is InChI=1S/C11H12N6/c12-6-2-5-11-14-15-16-17(11)10-4-1-3-9(7-10)8-13/h1,3-4,7H,2,5-6,12H2. The second kappa shape index (κ2) is 5.18. The second-order valence-electron chi connectivity index (χ2n) is 3.56. The van der Waals surface area contributed by atoms with Gasteiger partial charge in [-0.15, -0.1) is 5.10 Å². The van der Waals surface area contributed by atoms with Crippen molar-refractivity contribution in [2.75, 3.05) is 6.54 Å². The number of nitriles is 1. The van der Waals surface area contributed by atoms with E-state index < -0.39 is 0 Å². The lowest BCUT2D eigenvalue weighted by atomic mass is 10.2. The van der Waals surface area contributed by atoms with Gasteiger partial charge in [-0.1, -0.05) is 6.07 Å². The number of tetrazole rings is 1. The Morgan fingerprint density at radius 3 is 3.06 bits per heavy atom. The molecule has 0 aliphatic heterocycles. The van der Waals surface area contributed by atoms with Crippen LogP contribution in [0.3, 0.4) is 0 Å². The topological polar surface area (TPSA) is 93.4 Å². The van der Waals surface area contributed by atoms with Crippen molar-refractivity contribution in [1.82, 2.24) is 20.2 Å². The molecule has 0 amide bonds. The van der Waals surface area contributed by atoms with E-state index in [-0.39, 0.29) is 0 Å². The molecule has 6 nitrogen and oxygen atoms in total. The molecule has 1 aromatic heterocycles. The SMILES string of the molecule is N#Cc1cccc(-n2nnnc2CCCN)c1. The lowest BCUT2D eigenvalue weighted by Gasteiger charge is -2.03. The molecular weight excluding hydrogens is 216 g/mol. The van der Waals surface area contributed by atoms with Gasteiger partial charge < -0.3 is 5.73 Å². The largest absolute Gasteiger partial charge is 0.330 e. The molecule has 17 heavy (non-hydrogen) atoms. The van der Waals surface area contributed by atoms with Gasteiger partial charge in [-0.3, -0.25) is 0 Å². The number of hydrogen-bond acceptors (Lipinski definition) is 5. The highest BCUT2D eigenvalue weighted by Crippen LogP contribution is 2.11. The first-order valence-electron chi connectivity index (χ1n) is 5.33. The average Bonchev–Trinajstić information content (AvgIpc) is 2.84. The van der Waals surface area contributed by atoms with Crippen LogP contribution in [0.2, 0.25) is 0 Å². The maximum absolute atomic E-state index is 8.84. The Kier molecular flexibility index (Phi) is 3.43. The third-order valence-corrected chi connectivity index (χ3v) is 2.36. The lowest BCUT2D eigenvalue weighted by Crippen LogP contribution is -2.07. The Balaban J connectivity index is 2.33. The minimum absolute atomic E-state index is 0.586. The van der Waals surface area contributed by atoms with Gasteiger partial charge in [-0.2, -0.15) is 9.94 Å². The zero-order valence-electron chi connectivity index (χ0n) is 9.24. The van der Waals surface area contributed by atoms with Gasteiger partial charge in [0.05, 0.1) is 17.3 Å². The summed E-state index contributed by atoms with van der Waals surface area (Å²) in [5.41, 5.74) is 6.84. The first-order chi connectivity index (χ1) is 8.35. The Morgan fingerprint density at radius 2 is 2.29 bits per heavy atom. The number of rotatable bonds is 4. The fraction of sp³-hybridized carbons (Fsp3) is 0.273. The van der Waals surface area contributed by atoms with E-state index in [1.54, 1.807) is 16.8 Å². The van der Waals surface area contributed by atoms with Gasteiger partial charge in [0.15, 0.2) is 5.82 Å². The Labute approximate surface area is 98.7 Å². The van der Waals surface area contributed by atoms with E-state index in [0.717, 1.165) is 24.4 Å². The fourth-order valence-corrected chi connectivity index (χ4v) is 1.53. The molecule has 0 fully saturated rings. The monoisotopic (exact) mass is 228 g/mol. The molecule has 0 atom stereocenters. The predicted molar refractivity (Wildman–Crippen MR) is 61.2 cm³/mol. The molecule has 6 heteroatoms. The third-order valence-electron chi connectivity index (χ3n) is 2.36. The van der Waals surface area contributed by atoms with E-state index >= 15 is 0 Å². The summed E-state index contributed by atoms with van der Waals surface area (Å²) >= 11 is 0. The molecule has 2 N–H and O–H groups in total. The van der Waals surface area contributed by atoms with Gasteiger partial charge in [0.1, 0.15) is 0 Å². The van der Waals surface area contributed by atoms with Crippen molar-refractivity contribution in [1.29, 1.82) is 5.26 Å². The highest BCUT2D eigenvalue weighted by Gasteiger charge is 2.07. The summed E-state index contributed by atoms with van der Waals surface area (Å²) in [7, 11) is 0. The van der Waals surface area contributed by atoms with Crippen LogP contribution in [0.25, 0.3) is 5.69 Å². The highest BCUT2D eigenvalue weighted by molar-refractivity contribution is 5.40. The Morgan fingerprint density at radius 1 is 1.41 bits per heavy atom. The van der Waals surface area contributed by atoms with Crippen LogP contribution in [0.1, 0.15) is 17.8 Å². The molecule has 0 saturated carbocycles. The van der Waals surface area contributed by atoms with Gasteiger partial charge in [-0.05, 0) is 41.6 Å². The second-order valence-corrected chi connectivity index (χ2v) is 3.56. The molecule has 1 heterocycles. The molecule has 0 saturated heterocycles. The van der Waals surface area contributed by atoms with Gasteiger partial charge in [0.25, 0.3) is 0 Å². The van der Waals surface area contributed by atoms with Crippen molar-refractivity contribution in [3.05, 3.63) is 35.7 Å². The number of aromatic nitrogens is 4. The minimum atomic E-state index is 0.586. The molecule has 86 valence electrons. The normalized spacial score (nSPS) is 10.1. The predicted octanol–water partition coefficient (Wildman–Crippen LogP) is 0.425. The number of nitrogens with two attached hydrogens (primary N) is 1. The van der Waals surface area contributed by atoms with Crippen LogP contribution >= 0.6 is 0 Å². The van der Waals surface area contributed by atoms with Gasteiger partial charge in [0.2, 0.25) is 0 Å². The van der Waals surface area contributed by atoms with Crippen molar-refractivity contribution in [2.24, 2.45) is 5.73 Å². The molecule has 1 aromatic carbocycles. The van der Waals surface area contributed by atoms with E-state index in [0.29, 0.717) is 12.1 Å². The van der Waals surface area contributed by atoms with Crippen LogP contribution < -0.4 is 5.73 Å². The van der Waals surface area contributed by atoms with Crippen LogP contribution in [0.5, 0.6) is 0 Å². The van der Waals surface area contributed by atoms with Crippen LogP contribution in [0.15, 0.2) is 24.3 Å². The zero-order valence-corrected chi connectivity index (χ0v) is 9.24.